The molecule has 6 nitrogen and oxygen atoms in total. The molecule has 1 fully saturated rings. The summed E-state index contributed by atoms with van der Waals surface area (Å²) >= 11 is 0. The molecule has 0 spiro atoms. The molecular weight excluding hydrogens is 371 g/mol. The number of likely N-dealkylation sites (tertiary alicyclic amines) is 1. The van der Waals surface area contributed by atoms with Crippen molar-refractivity contribution in [3.05, 3.63) is 77.4 Å². The van der Waals surface area contributed by atoms with Gasteiger partial charge in [0.05, 0.1) is 11.9 Å². The zero-order chi connectivity index (χ0) is 20.5. The van der Waals surface area contributed by atoms with Crippen molar-refractivity contribution in [2.45, 2.75) is 12.8 Å². The molecule has 2 heterocycles. The fourth-order valence-electron chi connectivity index (χ4n) is 4.02. The lowest BCUT2D eigenvalue weighted by Gasteiger charge is -2.16. The summed E-state index contributed by atoms with van der Waals surface area (Å²) in [4.78, 5) is 14.8. The molecule has 0 aliphatic carbocycles. The Balaban J connectivity index is 1.59. The van der Waals surface area contributed by atoms with Crippen molar-refractivity contribution in [1.82, 2.24) is 14.7 Å². The Morgan fingerprint density at radius 1 is 1.24 bits per heavy atom. The third-order valence-electron chi connectivity index (χ3n) is 5.56. The summed E-state index contributed by atoms with van der Waals surface area (Å²) in [6.07, 6.45) is 1.37. The maximum atomic E-state index is 13.4. The van der Waals surface area contributed by atoms with E-state index in [4.69, 9.17) is 5.73 Å². The summed E-state index contributed by atoms with van der Waals surface area (Å²) in [5.41, 5.74) is 8.35. The Kier molecular flexibility index (Phi) is 5.07. The SMILES string of the molecule is Cc1cc(F)ccc1-n1cc(O)c(C(=O)N2C[C@@H](CN)[C@H](c3ccccc3)C2)n1. The van der Waals surface area contributed by atoms with Gasteiger partial charge in [-0.25, -0.2) is 9.07 Å². The first kappa shape index (κ1) is 19.1. The molecule has 2 atom stereocenters. The Labute approximate surface area is 168 Å². The molecule has 4 rings (SSSR count). The lowest BCUT2D eigenvalue weighted by atomic mass is 9.89. The number of aryl methyl sites for hydroxylation is 1. The van der Waals surface area contributed by atoms with Crippen LogP contribution in [0.2, 0.25) is 0 Å². The minimum absolute atomic E-state index is 0.0155. The van der Waals surface area contributed by atoms with Crippen LogP contribution in [0, 0.1) is 18.7 Å². The van der Waals surface area contributed by atoms with E-state index in [0.717, 1.165) is 5.56 Å². The van der Waals surface area contributed by atoms with Crippen LogP contribution in [-0.2, 0) is 0 Å². The van der Waals surface area contributed by atoms with Gasteiger partial charge in [-0.15, -0.1) is 0 Å². The number of hydrogen-bond acceptors (Lipinski definition) is 4. The second-order valence-electron chi connectivity index (χ2n) is 7.46. The predicted molar refractivity (Wildman–Crippen MR) is 108 cm³/mol. The van der Waals surface area contributed by atoms with E-state index in [-0.39, 0.29) is 35.0 Å². The molecule has 1 aliphatic heterocycles. The maximum Gasteiger partial charge on any atom is 0.278 e. The van der Waals surface area contributed by atoms with E-state index in [2.05, 4.69) is 5.10 Å². The number of hydrogen-bond donors (Lipinski definition) is 2. The summed E-state index contributed by atoms with van der Waals surface area (Å²) in [6.45, 7) is 3.25. The molecule has 3 N–H and O–H groups in total. The van der Waals surface area contributed by atoms with Crippen LogP contribution in [0.4, 0.5) is 4.39 Å². The van der Waals surface area contributed by atoms with Gasteiger partial charge in [0, 0.05) is 19.0 Å². The fourth-order valence-corrected chi connectivity index (χ4v) is 4.02. The van der Waals surface area contributed by atoms with Gasteiger partial charge < -0.3 is 15.7 Å². The molecule has 0 saturated carbocycles. The molecule has 2 aromatic carbocycles. The number of nitrogens with two attached hydrogens (primary N) is 1. The molecule has 1 aromatic heterocycles. The first-order valence-electron chi connectivity index (χ1n) is 9.57. The molecule has 7 heteroatoms. The first-order valence-corrected chi connectivity index (χ1v) is 9.57. The second-order valence-corrected chi connectivity index (χ2v) is 7.46. The highest BCUT2D eigenvalue weighted by molar-refractivity contribution is 5.95. The predicted octanol–water partition coefficient (Wildman–Crippen LogP) is 2.84. The van der Waals surface area contributed by atoms with Crippen molar-refractivity contribution >= 4 is 5.91 Å². The van der Waals surface area contributed by atoms with Gasteiger partial charge in [-0.05, 0) is 48.7 Å². The van der Waals surface area contributed by atoms with Crippen molar-refractivity contribution in [3.63, 3.8) is 0 Å². The lowest BCUT2D eigenvalue weighted by Crippen LogP contribution is -2.30. The number of aromatic nitrogens is 2. The van der Waals surface area contributed by atoms with Gasteiger partial charge in [0.1, 0.15) is 5.82 Å². The fraction of sp³-hybridized carbons (Fsp3) is 0.273. The number of benzene rings is 2. The summed E-state index contributed by atoms with van der Waals surface area (Å²) in [5, 5.41) is 14.6. The van der Waals surface area contributed by atoms with Crippen LogP contribution >= 0.6 is 0 Å². The van der Waals surface area contributed by atoms with Gasteiger partial charge in [-0.1, -0.05) is 30.3 Å². The van der Waals surface area contributed by atoms with Crippen LogP contribution in [0.3, 0.4) is 0 Å². The van der Waals surface area contributed by atoms with Gasteiger partial charge in [-0.2, -0.15) is 5.10 Å². The molecule has 1 amide bonds. The monoisotopic (exact) mass is 394 g/mol. The average molecular weight is 394 g/mol. The topological polar surface area (TPSA) is 84.4 Å². The molecule has 1 saturated heterocycles. The van der Waals surface area contributed by atoms with Crippen LogP contribution in [0.1, 0.15) is 27.5 Å². The number of carbonyl (C=O) groups is 1. The molecule has 0 radical (unpaired) electrons. The van der Waals surface area contributed by atoms with Crippen molar-refractivity contribution in [2.24, 2.45) is 11.7 Å². The lowest BCUT2D eigenvalue weighted by molar-refractivity contribution is 0.0777. The van der Waals surface area contributed by atoms with E-state index >= 15 is 0 Å². The highest BCUT2D eigenvalue weighted by Crippen LogP contribution is 2.33. The van der Waals surface area contributed by atoms with Crippen LogP contribution in [0.25, 0.3) is 5.69 Å². The first-order chi connectivity index (χ1) is 14.0. The number of nitrogens with zero attached hydrogens (tertiary/aromatic N) is 3. The molecule has 0 unspecified atom stereocenters. The summed E-state index contributed by atoms with van der Waals surface area (Å²) in [6, 6.07) is 14.3. The Morgan fingerprint density at radius 3 is 2.69 bits per heavy atom. The van der Waals surface area contributed by atoms with Gasteiger partial charge in [0.2, 0.25) is 0 Å². The van der Waals surface area contributed by atoms with E-state index < -0.39 is 0 Å². The van der Waals surface area contributed by atoms with Crippen molar-refractivity contribution in [1.29, 1.82) is 0 Å². The maximum absolute atomic E-state index is 13.4. The summed E-state index contributed by atoms with van der Waals surface area (Å²) < 4.78 is 14.8. The summed E-state index contributed by atoms with van der Waals surface area (Å²) in [5.74, 6) is -0.599. The smallest absolute Gasteiger partial charge is 0.278 e. The average Bonchev–Trinajstić information content (AvgIpc) is 3.32. The third kappa shape index (κ3) is 3.61. The Morgan fingerprint density at radius 2 is 2.00 bits per heavy atom. The molecular formula is C22H23FN4O2. The quantitative estimate of drug-likeness (QED) is 0.713. The molecule has 3 aromatic rings. The van der Waals surface area contributed by atoms with Crippen LogP contribution in [-0.4, -0.2) is 45.3 Å². The van der Waals surface area contributed by atoms with E-state index in [1.165, 1.54) is 23.0 Å². The number of amides is 1. The van der Waals surface area contributed by atoms with Gasteiger partial charge in [0.15, 0.2) is 11.4 Å². The van der Waals surface area contributed by atoms with Crippen molar-refractivity contribution in [3.8, 4) is 11.4 Å². The van der Waals surface area contributed by atoms with Crippen LogP contribution < -0.4 is 5.73 Å². The standard InChI is InChI=1S/C22H23FN4O2/c1-14-9-17(23)7-8-19(14)27-13-20(28)21(25-27)22(29)26-11-16(10-24)18(12-26)15-5-3-2-4-6-15/h2-9,13,16,18,28H,10-12,24H2,1H3/t16-,18+/m1/s1. The zero-order valence-electron chi connectivity index (χ0n) is 16.1. The van der Waals surface area contributed by atoms with Crippen LogP contribution in [0.15, 0.2) is 54.7 Å². The normalized spacial score (nSPS) is 18.9. The molecule has 150 valence electrons. The summed E-state index contributed by atoms with van der Waals surface area (Å²) in [7, 11) is 0. The van der Waals surface area contributed by atoms with Gasteiger partial charge in [0.25, 0.3) is 5.91 Å². The minimum atomic E-state index is -0.351. The van der Waals surface area contributed by atoms with Gasteiger partial charge in [-0.3, -0.25) is 4.79 Å². The van der Waals surface area contributed by atoms with E-state index in [9.17, 15) is 14.3 Å². The van der Waals surface area contributed by atoms with E-state index in [1.54, 1.807) is 17.9 Å². The highest BCUT2D eigenvalue weighted by atomic mass is 19.1. The van der Waals surface area contributed by atoms with E-state index in [0.29, 0.717) is 30.9 Å². The van der Waals surface area contributed by atoms with Crippen molar-refractivity contribution in [2.75, 3.05) is 19.6 Å². The second kappa shape index (κ2) is 7.67. The zero-order valence-corrected chi connectivity index (χ0v) is 16.1. The number of aromatic hydroxyl groups is 1. The largest absolute Gasteiger partial charge is 0.504 e. The Hall–Kier alpha value is -3.19. The molecule has 1 aliphatic rings. The third-order valence-corrected chi connectivity index (χ3v) is 5.56. The highest BCUT2D eigenvalue weighted by Gasteiger charge is 2.37. The van der Waals surface area contributed by atoms with E-state index in [1.807, 2.05) is 30.3 Å². The van der Waals surface area contributed by atoms with Crippen LogP contribution in [0.5, 0.6) is 5.75 Å². The minimum Gasteiger partial charge on any atom is -0.504 e. The number of rotatable bonds is 4. The Bertz CT molecular complexity index is 1030. The number of carbonyl (C=O) groups excluding carboxylic acids is 1. The van der Waals surface area contributed by atoms with Crippen molar-refractivity contribution < 1.29 is 14.3 Å². The van der Waals surface area contributed by atoms with Gasteiger partial charge >= 0.3 is 0 Å². The number of halogens is 1. The molecule has 0 bridgehead atoms. The molecule has 29 heavy (non-hydrogen) atoms.